The van der Waals surface area contributed by atoms with Gasteiger partial charge in [-0.25, -0.2) is 8.42 Å². The van der Waals surface area contributed by atoms with E-state index in [0.717, 1.165) is 13.4 Å². The third kappa shape index (κ3) is 7.07. The number of carbonyl (C=O) groups is 2. The van der Waals surface area contributed by atoms with Gasteiger partial charge in [0.2, 0.25) is 11.8 Å². The Kier molecular flexibility index (Phi) is 9.89. The van der Waals surface area contributed by atoms with Gasteiger partial charge in [0.05, 0.1) is 10.6 Å². The Morgan fingerprint density at radius 2 is 1.50 bits per heavy atom. The zero-order chi connectivity index (χ0) is 26.1. The summed E-state index contributed by atoms with van der Waals surface area (Å²) >= 11 is 2.14. The highest BCUT2D eigenvalue weighted by Crippen LogP contribution is 2.25. The Balaban J connectivity index is 1.95. The molecule has 0 fully saturated rings. The normalized spacial score (nSPS) is 12.0. The molecule has 9 heteroatoms. The van der Waals surface area contributed by atoms with Gasteiger partial charge in [0.25, 0.3) is 10.0 Å². The summed E-state index contributed by atoms with van der Waals surface area (Å²) in [7, 11) is -4.04. The second-order valence-corrected chi connectivity index (χ2v) is 11.3. The topological polar surface area (TPSA) is 86.8 Å². The van der Waals surface area contributed by atoms with E-state index in [2.05, 4.69) is 27.9 Å². The molecule has 0 aliphatic heterocycles. The molecule has 0 bridgehead atoms. The minimum Gasteiger partial charge on any atom is -0.355 e. The van der Waals surface area contributed by atoms with Crippen molar-refractivity contribution >= 4 is 50.1 Å². The van der Waals surface area contributed by atoms with E-state index in [1.165, 1.54) is 17.0 Å². The molecule has 3 rings (SSSR count). The molecule has 36 heavy (non-hydrogen) atoms. The highest BCUT2D eigenvalue weighted by Gasteiger charge is 2.32. The van der Waals surface area contributed by atoms with E-state index in [1.54, 1.807) is 49.4 Å². The number of nitrogens with zero attached hydrogens (tertiary/aromatic N) is 2. The van der Waals surface area contributed by atoms with Crippen molar-refractivity contribution in [2.75, 3.05) is 23.9 Å². The predicted molar refractivity (Wildman–Crippen MR) is 150 cm³/mol. The molecule has 1 atom stereocenters. The van der Waals surface area contributed by atoms with Crippen LogP contribution < -0.4 is 9.62 Å². The fraction of sp³-hybridized carbons (Fsp3) is 0.259. The number of carbonyl (C=O) groups excluding carboxylic acids is 2. The standard InChI is InChI=1S/C27H30IN3O4S/c1-3-29-27(33)21(2)30(19-18-22-10-6-4-7-11-22)26(32)20-31(24-16-14-23(28)15-17-24)36(34,35)25-12-8-5-9-13-25/h4-17,21H,3,18-20H2,1-2H3,(H,29,33)/t21-/m0/s1. The Morgan fingerprint density at radius 3 is 2.08 bits per heavy atom. The number of hydrogen-bond donors (Lipinski definition) is 1. The Labute approximate surface area is 226 Å². The number of rotatable bonds is 11. The molecular weight excluding hydrogens is 589 g/mol. The first kappa shape index (κ1) is 27.7. The van der Waals surface area contributed by atoms with E-state index < -0.39 is 28.5 Å². The van der Waals surface area contributed by atoms with Gasteiger partial charge in [0.1, 0.15) is 12.6 Å². The van der Waals surface area contributed by atoms with Crippen molar-refractivity contribution in [3.05, 3.63) is 94.1 Å². The van der Waals surface area contributed by atoms with Gasteiger partial charge in [-0.2, -0.15) is 0 Å². The van der Waals surface area contributed by atoms with Crippen LogP contribution >= 0.6 is 22.6 Å². The molecule has 0 aliphatic carbocycles. The molecule has 0 aromatic heterocycles. The smallest absolute Gasteiger partial charge is 0.264 e. The zero-order valence-corrected chi connectivity index (χ0v) is 23.3. The van der Waals surface area contributed by atoms with Crippen molar-refractivity contribution in [2.45, 2.75) is 31.2 Å². The third-order valence-electron chi connectivity index (χ3n) is 5.73. The first-order valence-corrected chi connectivity index (χ1v) is 14.2. The summed E-state index contributed by atoms with van der Waals surface area (Å²) in [5.41, 5.74) is 1.39. The largest absolute Gasteiger partial charge is 0.355 e. The summed E-state index contributed by atoms with van der Waals surface area (Å²) < 4.78 is 29.3. The fourth-order valence-electron chi connectivity index (χ4n) is 3.75. The first-order valence-electron chi connectivity index (χ1n) is 11.7. The summed E-state index contributed by atoms with van der Waals surface area (Å²) in [5, 5.41) is 2.76. The summed E-state index contributed by atoms with van der Waals surface area (Å²) in [6.45, 7) is 3.74. The number of nitrogens with one attached hydrogen (secondary N) is 1. The maximum absolute atomic E-state index is 13.7. The Hall–Kier alpha value is -2.92. The molecule has 0 heterocycles. The molecule has 0 aliphatic rings. The number of benzene rings is 3. The van der Waals surface area contributed by atoms with Crippen molar-refractivity contribution in [1.29, 1.82) is 0 Å². The molecule has 1 N–H and O–H groups in total. The molecule has 3 aromatic carbocycles. The molecule has 0 radical (unpaired) electrons. The summed E-state index contributed by atoms with van der Waals surface area (Å²) in [6, 6.07) is 23.9. The predicted octanol–water partition coefficient (Wildman–Crippen LogP) is 4.08. The summed E-state index contributed by atoms with van der Waals surface area (Å²) in [6.07, 6.45) is 0.533. The average molecular weight is 620 g/mol. The van der Waals surface area contributed by atoms with Gasteiger partial charge in [-0.15, -0.1) is 0 Å². The van der Waals surface area contributed by atoms with Gasteiger partial charge >= 0.3 is 0 Å². The van der Waals surface area contributed by atoms with E-state index in [-0.39, 0.29) is 17.3 Å². The quantitative estimate of drug-likeness (QED) is 0.328. The Morgan fingerprint density at radius 1 is 0.917 bits per heavy atom. The van der Waals surface area contributed by atoms with Crippen LogP contribution in [-0.4, -0.2) is 50.8 Å². The maximum atomic E-state index is 13.7. The van der Waals surface area contributed by atoms with Gasteiger partial charge < -0.3 is 10.2 Å². The molecule has 0 saturated heterocycles. The number of halogens is 1. The lowest BCUT2D eigenvalue weighted by atomic mass is 10.1. The highest BCUT2D eigenvalue weighted by molar-refractivity contribution is 14.1. The number of hydrogen-bond acceptors (Lipinski definition) is 4. The lowest BCUT2D eigenvalue weighted by Crippen LogP contribution is -2.52. The van der Waals surface area contributed by atoms with Crippen LogP contribution in [0.25, 0.3) is 0 Å². The second-order valence-electron chi connectivity index (χ2n) is 8.19. The molecule has 2 amide bonds. The number of likely N-dealkylation sites (N-methyl/N-ethyl adjacent to an activating group) is 1. The van der Waals surface area contributed by atoms with Crippen LogP contribution in [0.15, 0.2) is 89.8 Å². The summed E-state index contributed by atoms with van der Waals surface area (Å²) in [4.78, 5) is 27.9. The van der Waals surface area contributed by atoms with Crippen molar-refractivity contribution in [2.24, 2.45) is 0 Å². The molecular formula is C27H30IN3O4S. The van der Waals surface area contributed by atoms with Gasteiger partial charge in [0.15, 0.2) is 0 Å². The highest BCUT2D eigenvalue weighted by atomic mass is 127. The lowest BCUT2D eigenvalue weighted by Gasteiger charge is -2.32. The fourth-order valence-corrected chi connectivity index (χ4v) is 5.54. The molecule has 7 nitrogen and oxygen atoms in total. The third-order valence-corrected chi connectivity index (χ3v) is 8.23. The van der Waals surface area contributed by atoms with Crippen molar-refractivity contribution in [3.63, 3.8) is 0 Å². The van der Waals surface area contributed by atoms with Gasteiger partial charge in [-0.3, -0.25) is 13.9 Å². The molecule has 190 valence electrons. The summed E-state index contributed by atoms with van der Waals surface area (Å²) in [5.74, 6) is -0.742. The van der Waals surface area contributed by atoms with Gasteiger partial charge in [-0.05, 0) is 84.8 Å². The van der Waals surface area contributed by atoms with Crippen LogP contribution in [0.1, 0.15) is 19.4 Å². The number of sulfonamides is 1. The van der Waals surface area contributed by atoms with Crippen LogP contribution in [-0.2, 0) is 26.0 Å². The van der Waals surface area contributed by atoms with Crippen LogP contribution in [0.4, 0.5) is 5.69 Å². The van der Waals surface area contributed by atoms with Crippen LogP contribution in [0.3, 0.4) is 0 Å². The first-order chi connectivity index (χ1) is 17.2. The number of amides is 2. The second kappa shape index (κ2) is 12.9. The molecule has 0 spiro atoms. The molecule has 0 unspecified atom stereocenters. The van der Waals surface area contributed by atoms with E-state index >= 15 is 0 Å². The average Bonchev–Trinajstić information content (AvgIpc) is 2.89. The van der Waals surface area contributed by atoms with Crippen LogP contribution in [0.5, 0.6) is 0 Å². The van der Waals surface area contributed by atoms with E-state index in [1.807, 2.05) is 37.3 Å². The van der Waals surface area contributed by atoms with Crippen LogP contribution in [0.2, 0.25) is 0 Å². The minimum atomic E-state index is -4.04. The molecule has 3 aromatic rings. The molecule has 0 saturated carbocycles. The van der Waals surface area contributed by atoms with Gasteiger partial charge in [0, 0.05) is 16.7 Å². The van der Waals surface area contributed by atoms with E-state index in [4.69, 9.17) is 0 Å². The minimum absolute atomic E-state index is 0.0870. The van der Waals surface area contributed by atoms with Crippen molar-refractivity contribution < 1.29 is 18.0 Å². The lowest BCUT2D eigenvalue weighted by molar-refractivity contribution is -0.138. The SMILES string of the molecule is CCNC(=O)[C@H](C)N(CCc1ccccc1)C(=O)CN(c1ccc(I)cc1)S(=O)(=O)c1ccccc1. The Bertz CT molecular complexity index is 1250. The number of anilines is 1. The monoisotopic (exact) mass is 619 g/mol. The zero-order valence-electron chi connectivity index (χ0n) is 20.3. The van der Waals surface area contributed by atoms with E-state index in [0.29, 0.717) is 18.7 Å². The van der Waals surface area contributed by atoms with Crippen molar-refractivity contribution in [1.82, 2.24) is 10.2 Å². The van der Waals surface area contributed by atoms with Crippen molar-refractivity contribution in [3.8, 4) is 0 Å². The van der Waals surface area contributed by atoms with Gasteiger partial charge in [-0.1, -0.05) is 48.5 Å². The maximum Gasteiger partial charge on any atom is 0.264 e. The van der Waals surface area contributed by atoms with Crippen LogP contribution in [0, 0.1) is 3.57 Å². The van der Waals surface area contributed by atoms with E-state index in [9.17, 15) is 18.0 Å².